The average molecular weight is 287 g/mol. The highest BCUT2D eigenvalue weighted by Gasteiger charge is 2.20. The Kier molecular flexibility index (Phi) is 3.21. The number of thiazole rings is 1. The number of rotatable bonds is 4. The fourth-order valence-electron chi connectivity index (χ4n) is 1.83. The van der Waals surface area contributed by atoms with Crippen molar-refractivity contribution in [3.8, 4) is 11.3 Å². The first kappa shape index (κ1) is 12.4. The summed E-state index contributed by atoms with van der Waals surface area (Å²) in [4.78, 5) is 19.4. The van der Waals surface area contributed by atoms with E-state index in [1.165, 1.54) is 16.0 Å². The SMILES string of the molecule is O=C(O)c1nnn(Cc2cscn2)c1-c1ccncc1. The molecule has 0 aliphatic heterocycles. The number of aromatic nitrogens is 5. The Morgan fingerprint density at radius 3 is 2.80 bits per heavy atom. The molecule has 0 radical (unpaired) electrons. The minimum absolute atomic E-state index is 0.0774. The van der Waals surface area contributed by atoms with Gasteiger partial charge in [0.15, 0.2) is 5.69 Å². The molecule has 0 fully saturated rings. The maximum atomic E-state index is 11.3. The van der Waals surface area contributed by atoms with Gasteiger partial charge in [0, 0.05) is 23.3 Å². The highest BCUT2D eigenvalue weighted by atomic mass is 32.1. The van der Waals surface area contributed by atoms with Gasteiger partial charge in [-0.05, 0) is 12.1 Å². The molecule has 0 saturated heterocycles. The van der Waals surface area contributed by atoms with Gasteiger partial charge in [-0.2, -0.15) is 0 Å². The molecule has 0 saturated carbocycles. The van der Waals surface area contributed by atoms with E-state index in [0.717, 1.165) is 5.69 Å². The summed E-state index contributed by atoms with van der Waals surface area (Å²) in [5.41, 5.74) is 3.61. The zero-order valence-corrected chi connectivity index (χ0v) is 11.0. The Labute approximate surface area is 117 Å². The van der Waals surface area contributed by atoms with Crippen molar-refractivity contribution in [3.05, 3.63) is 46.8 Å². The average Bonchev–Trinajstić information content (AvgIpc) is 3.09. The van der Waals surface area contributed by atoms with Gasteiger partial charge in [-0.1, -0.05) is 5.21 Å². The Balaban J connectivity index is 2.09. The van der Waals surface area contributed by atoms with Crippen molar-refractivity contribution in [3.63, 3.8) is 0 Å². The summed E-state index contributed by atoms with van der Waals surface area (Å²) in [7, 11) is 0. The smallest absolute Gasteiger partial charge is 0.358 e. The van der Waals surface area contributed by atoms with E-state index < -0.39 is 5.97 Å². The van der Waals surface area contributed by atoms with Gasteiger partial charge in [0.2, 0.25) is 0 Å². The molecule has 3 aromatic rings. The second-order valence-corrected chi connectivity index (χ2v) is 4.68. The molecule has 3 heterocycles. The molecule has 0 atom stereocenters. The summed E-state index contributed by atoms with van der Waals surface area (Å²) < 4.78 is 1.54. The number of carboxylic acid groups (broad SMARTS) is 1. The van der Waals surface area contributed by atoms with Crippen molar-refractivity contribution in [2.24, 2.45) is 0 Å². The maximum absolute atomic E-state index is 11.3. The molecular formula is C12H9N5O2S. The number of hydrogen-bond acceptors (Lipinski definition) is 6. The number of pyridine rings is 1. The highest BCUT2D eigenvalue weighted by Crippen LogP contribution is 2.22. The Bertz CT molecular complexity index is 724. The van der Waals surface area contributed by atoms with Crippen LogP contribution in [0.1, 0.15) is 16.2 Å². The number of hydrogen-bond donors (Lipinski definition) is 1. The van der Waals surface area contributed by atoms with E-state index in [0.29, 0.717) is 17.8 Å². The predicted octanol–water partition coefficient (Wildman–Crippen LogP) is 1.54. The molecule has 3 rings (SSSR count). The zero-order chi connectivity index (χ0) is 13.9. The first-order valence-electron chi connectivity index (χ1n) is 5.70. The van der Waals surface area contributed by atoms with E-state index in [2.05, 4.69) is 20.3 Å². The van der Waals surface area contributed by atoms with Crippen LogP contribution in [0.25, 0.3) is 11.3 Å². The quantitative estimate of drug-likeness (QED) is 0.782. The van der Waals surface area contributed by atoms with Gasteiger partial charge >= 0.3 is 5.97 Å². The van der Waals surface area contributed by atoms with E-state index >= 15 is 0 Å². The molecule has 0 spiro atoms. The molecule has 0 aromatic carbocycles. The van der Waals surface area contributed by atoms with Crippen LogP contribution in [-0.4, -0.2) is 36.0 Å². The standard InChI is InChI=1S/C12H9N5O2S/c18-12(19)10-11(8-1-3-13-4-2-8)17(16-15-10)5-9-6-20-7-14-9/h1-4,6-7H,5H2,(H,18,19). The van der Waals surface area contributed by atoms with Crippen LogP contribution in [0, 0.1) is 0 Å². The van der Waals surface area contributed by atoms with Gasteiger partial charge in [-0.25, -0.2) is 14.5 Å². The fourth-order valence-corrected chi connectivity index (χ4v) is 2.38. The molecule has 3 aromatic heterocycles. The first-order valence-corrected chi connectivity index (χ1v) is 6.64. The van der Waals surface area contributed by atoms with Crippen LogP contribution in [0.4, 0.5) is 0 Å². The molecule has 0 bridgehead atoms. The van der Waals surface area contributed by atoms with E-state index in [4.69, 9.17) is 0 Å². The molecule has 0 unspecified atom stereocenters. The van der Waals surface area contributed by atoms with E-state index in [1.54, 1.807) is 30.0 Å². The maximum Gasteiger partial charge on any atom is 0.358 e. The van der Waals surface area contributed by atoms with Gasteiger partial charge in [-0.3, -0.25) is 4.98 Å². The predicted molar refractivity (Wildman–Crippen MR) is 71.4 cm³/mol. The third kappa shape index (κ3) is 2.28. The van der Waals surface area contributed by atoms with Crippen molar-refractivity contribution in [2.75, 3.05) is 0 Å². The van der Waals surface area contributed by atoms with Crippen LogP contribution in [0.3, 0.4) is 0 Å². The lowest BCUT2D eigenvalue weighted by molar-refractivity contribution is 0.0691. The monoisotopic (exact) mass is 287 g/mol. The van der Waals surface area contributed by atoms with Crippen LogP contribution in [0.2, 0.25) is 0 Å². The van der Waals surface area contributed by atoms with Gasteiger partial charge < -0.3 is 5.11 Å². The Morgan fingerprint density at radius 1 is 1.35 bits per heavy atom. The molecule has 7 nitrogen and oxygen atoms in total. The number of aromatic carboxylic acids is 1. The van der Waals surface area contributed by atoms with Gasteiger partial charge in [0.1, 0.15) is 5.69 Å². The van der Waals surface area contributed by atoms with Gasteiger partial charge in [-0.15, -0.1) is 16.4 Å². The highest BCUT2D eigenvalue weighted by molar-refractivity contribution is 7.07. The lowest BCUT2D eigenvalue weighted by Crippen LogP contribution is -2.06. The lowest BCUT2D eigenvalue weighted by atomic mass is 10.1. The minimum atomic E-state index is -1.11. The van der Waals surface area contributed by atoms with Crippen molar-refractivity contribution >= 4 is 17.3 Å². The van der Waals surface area contributed by atoms with Crippen LogP contribution in [-0.2, 0) is 6.54 Å². The second kappa shape index (κ2) is 5.17. The summed E-state index contributed by atoms with van der Waals surface area (Å²) in [6.45, 7) is 0.376. The minimum Gasteiger partial charge on any atom is -0.476 e. The van der Waals surface area contributed by atoms with Gasteiger partial charge in [0.25, 0.3) is 0 Å². The second-order valence-electron chi connectivity index (χ2n) is 3.97. The topological polar surface area (TPSA) is 93.8 Å². The Morgan fingerprint density at radius 2 is 2.15 bits per heavy atom. The molecular weight excluding hydrogens is 278 g/mol. The molecule has 0 aliphatic rings. The first-order chi connectivity index (χ1) is 9.75. The number of carboxylic acids is 1. The van der Waals surface area contributed by atoms with Crippen LogP contribution in [0.15, 0.2) is 35.4 Å². The zero-order valence-electron chi connectivity index (χ0n) is 10.2. The van der Waals surface area contributed by atoms with Crippen LogP contribution in [0.5, 0.6) is 0 Å². The van der Waals surface area contributed by atoms with Crippen molar-refractivity contribution < 1.29 is 9.90 Å². The molecule has 1 N–H and O–H groups in total. The summed E-state index contributed by atoms with van der Waals surface area (Å²) in [5.74, 6) is -1.11. The van der Waals surface area contributed by atoms with Crippen molar-refractivity contribution in [2.45, 2.75) is 6.54 Å². The molecule has 0 amide bonds. The summed E-state index contributed by atoms with van der Waals surface area (Å²) >= 11 is 1.47. The molecule has 100 valence electrons. The summed E-state index contributed by atoms with van der Waals surface area (Å²) in [6, 6.07) is 3.45. The normalized spacial score (nSPS) is 10.6. The van der Waals surface area contributed by atoms with E-state index in [9.17, 15) is 9.90 Å². The number of nitrogens with zero attached hydrogens (tertiary/aromatic N) is 5. The summed E-state index contributed by atoms with van der Waals surface area (Å²) in [6.07, 6.45) is 3.20. The number of carbonyl (C=O) groups is 1. The van der Waals surface area contributed by atoms with E-state index in [-0.39, 0.29) is 5.69 Å². The molecule has 8 heteroatoms. The lowest BCUT2D eigenvalue weighted by Gasteiger charge is -2.05. The molecule has 0 aliphatic carbocycles. The van der Waals surface area contributed by atoms with Crippen LogP contribution >= 0.6 is 11.3 Å². The third-order valence-electron chi connectivity index (χ3n) is 2.69. The Hall–Kier alpha value is -2.61. The third-order valence-corrected chi connectivity index (χ3v) is 3.32. The summed E-state index contributed by atoms with van der Waals surface area (Å²) in [5, 5.41) is 18.8. The van der Waals surface area contributed by atoms with Crippen molar-refractivity contribution in [1.29, 1.82) is 0 Å². The largest absolute Gasteiger partial charge is 0.476 e. The van der Waals surface area contributed by atoms with Crippen molar-refractivity contribution in [1.82, 2.24) is 25.0 Å². The van der Waals surface area contributed by atoms with E-state index in [1.807, 2.05) is 5.38 Å². The molecule has 20 heavy (non-hydrogen) atoms. The van der Waals surface area contributed by atoms with Crippen LogP contribution < -0.4 is 0 Å². The fraction of sp³-hybridized carbons (Fsp3) is 0.0833. The van der Waals surface area contributed by atoms with Gasteiger partial charge in [0.05, 0.1) is 17.7 Å².